The second-order valence-electron chi connectivity index (χ2n) is 14.4. The zero-order valence-electron chi connectivity index (χ0n) is 30.5. The minimum Gasteiger partial charge on any atom is -0.459 e. The van der Waals surface area contributed by atoms with Crippen molar-refractivity contribution in [2.75, 3.05) is 20.7 Å². The minimum absolute atomic E-state index is 0.148. The molecule has 2 saturated heterocycles. The summed E-state index contributed by atoms with van der Waals surface area (Å²) in [5, 5.41) is 37.2. The van der Waals surface area contributed by atoms with Gasteiger partial charge in [0, 0.05) is 25.5 Å². The van der Waals surface area contributed by atoms with Gasteiger partial charge in [0.25, 0.3) is 0 Å². The van der Waals surface area contributed by atoms with Crippen LogP contribution in [0, 0.1) is 17.8 Å². The van der Waals surface area contributed by atoms with E-state index < -0.39 is 89.7 Å². The van der Waals surface area contributed by atoms with Crippen LogP contribution in [0.15, 0.2) is 0 Å². The molecule has 14 unspecified atom stereocenters. The summed E-state index contributed by atoms with van der Waals surface area (Å²) in [7, 11) is 3.77. The van der Waals surface area contributed by atoms with Gasteiger partial charge >= 0.3 is 11.9 Å². The number of hydrogen-bond donors (Lipinski definition) is 4. The quantitative estimate of drug-likeness (QED) is 0.277. The first-order valence-corrected chi connectivity index (χ1v) is 17.1. The van der Waals surface area contributed by atoms with Crippen molar-refractivity contribution < 1.29 is 53.4 Å². The number of aliphatic hydroxyl groups is 3. The molecule has 0 aromatic rings. The van der Waals surface area contributed by atoms with Crippen molar-refractivity contribution in [3.05, 3.63) is 0 Å². The first-order valence-electron chi connectivity index (χ1n) is 17.1. The SMILES string of the molecule is CCCOC1(C)CC(C)NC(=O)C(C)C(O)C(C)(O)C(CC)OC(=O)C(C)C(O)C(C)C1OC1OC(C)CC(N(C)C)C1OC(C)=O. The fourth-order valence-corrected chi connectivity index (χ4v) is 7.03. The average Bonchev–Trinajstić information content (AvgIpc) is 2.99. The number of likely N-dealkylation sites (N-methyl/N-ethyl adjacent to an activating group) is 1. The van der Waals surface area contributed by atoms with Crippen molar-refractivity contribution in [3.8, 4) is 0 Å². The average molecular weight is 675 g/mol. The Morgan fingerprint density at radius 2 is 1.68 bits per heavy atom. The van der Waals surface area contributed by atoms with Gasteiger partial charge in [-0.2, -0.15) is 0 Å². The third kappa shape index (κ3) is 10.1. The number of amides is 1. The lowest BCUT2D eigenvalue weighted by Gasteiger charge is -2.48. The normalized spacial score (nSPS) is 43.0. The molecule has 1 amide bonds. The van der Waals surface area contributed by atoms with Crippen LogP contribution in [0.3, 0.4) is 0 Å². The number of carbonyl (C=O) groups is 3. The molecule has 0 aromatic heterocycles. The highest BCUT2D eigenvalue weighted by Gasteiger charge is 2.51. The minimum atomic E-state index is -1.96. The Morgan fingerprint density at radius 3 is 2.21 bits per heavy atom. The maximum Gasteiger partial charge on any atom is 0.311 e. The summed E-state index contributed by atoms with van der Waals surface area (Å²) in [6, 6.07) is -0.761. The molecular weight excluding hydrogens is 612 g/mol. The lowest BCUT2D eigenvalue weighted by molar-refractivity contribution is -0.305. The van der Waals surface area contributed by atoms with Gasteiger partial charge < -0.3 is 49.2 Å². The maximum absolute atomic E-state index is 13.5. The molecule has 14 atom stereocenters. The van der Waals surface area contributed by atoms with Crippen LogP contribution < -0.4 is 5.32 Å². The fraction of sp³-hybridized carbons (Fsp3) is 0.912. The summed E-state index contributed by atoms with van der Waals surface area (Å²) >= 11 is 0. The van der Waals surface area contributed by atoms with Crippen LogP contribution in [0.5, 0.6) is 0 Å². The molecule has 0 bridgehead atoms. The highest BCUT2D eigenvalue weighted by molar-refractivity contribution is 5.79. The molecule has 13 heteroatoms. The summed E-state index contributed by atoms with van der Waals surface area (Å²) < 4.78 is 31.1. The summed E-state index contributed by atoms with van der Waals surface area (Å²) in [6.45, 7) is 16.9. The van der Waals surface area contributed by atoms with Crippen molar-refractivity contribution in [2.24, 2.45) is 17.8 Å². The highest BCUT2D eigenvalue weighted by Crippen LogP contribution is 2.38. The molecule has 2 aliphatic heterocycles. The van der Waals surface area contributed by atoms with E-state index in [1.54, 1.807) is 20.8 Å². The van der Waals surface area contributed by atoms with Gasteiger partial charge in [-0.15, -0.1) is 0 Å². The molecule has 0 radical (unpaired) electrons. The molecule has 4 N–H and O–H groups in total. The van der Waals surface area contributed by atoms with Gasteiger partial charge in [-0.3, -0.25) is 14.4 Å². The van der Waals surface area contributed by atoms with Gasteiger partial charge in [-0.05, 0) is 74.4 Å². The predicted molar refractivity (Wildman–Crippen MR) is 174 cm³/mol. The van der Waals surface area contributed by atoms with Crippen LogP contribution in [0.4, 0.5) is 0 Å². The van der Waals surface area contributed by atoms with Crippen LogP contribution >= 0.6 is 0 Å². The zero-order valence-corrected chi connectivity index (χ0v) is 30.5. The van der Waals surface area contributed by atoms with Crippen molar-refractivity contribution in [1.29, 1.82) is 0 Å². The van der Waals surface area contributed by atoms with Gasteiger partial charge in [-0.1, -0.05) is 27.7 Å². The number of aliphatic hydroxyl groups excluding tert-OH is 2. The lowest BCUT2D eigenvalue weighted by Crippen LogP contribution is -2.61. The summed E-state index contributed by atoms with van der Waals surface area (Å²) in [5.74, 6) is -4.73. The van der Waals surface area contributed by atoms with Crippen molar-refractivity contribution in [2.45, 2.75) is 161 Å². The Hall–Kier alpha value is -1.87. The summed E-state index contributed by atoms with van der Waals surface area (Å²) in [6.07, 6.45) is -5.54. The van der Waals surface area contributed by atoms with E-state index in [9.17, 15) is 29.7 Å². The lowest BCUT2D eigenvalue weighted by atomic mass is 9.78. The molecule has 47 heavy (non-hydrogen) atoms. The van der Waals surface area contributed by atoms with E-state index >= 15 is 0 Å². The number of cyclic esters (lactones) is 1. The van der Waals surface area contributed by atoms with E-state index in [1.807, 2.05) is 39.8 Å². The summed E-state index contributed by atoms with van der Waals surface area (Å²) in [5.41, 5.74) is -3.14. The molecule has 0 aliphatic carbocycles. The summed E-state index contributed by atoms with van der Waals surface area (Å²) in [4.78, 5) is 41.2. The van der Waals surface area contributed by atoms with Crippen LogP contribution in [0.2, 0.25) is 0 Å². The molecule has 0 aromatic carbocycles. The number of nitrogens with one attached hydrogen (secondary N) is 1. The molecule has 2 heterocycles. The van der Waals surface area contributed by atoms with E-state index in [-0.39, 0.29) is 25.0 Å². The van der Waals surface area contributed by atoms with Gasteiger partial charge in [0.15, 0.2) is 12.4 Å². The van der Waals surface area contributed by atoms with Crippen molar-refractivity contribution in [1.82, 2.24) is 10.2 Å². The molecule has 0 spiro atoms. The Balaban J connectivity index is 2.71. The number of carbonyl (C=O) groups excluding carboxylic acids is 3. The second kappa shape index (κ2) is 17.2. The Kier molecular flexibility index (Phi) is 15.1. The third-order valence-electron chi connectivity index (χ3n) is 9.84. The molecule has 2 fully saturated rings. The molecule has 2 rings (SSSR count). The maximum atomic E-state index is 13.5. The third-order valence-corrected chi connectivity index (χ3v) is 9.84. The number of esters is 2. The Morgan fingerprint density at radius 1 is 1.06 bits per heavy atom. The molecule has 274 valence electrons. The van der Waals surface area contributed by atoms with Crippen molar-refractivity contribution >= 4 is 17.8 Å². The van der Waals surface area contributed by atoms with Crippen LogP contribution in [0.25, 0.3) is 0 Å². The standard InChI is InChI=1S/C34H62N2O11/c1-13-15-43-33(9)17-18(3)35-30(40)22(7)28(39)34(10,42)25(14-2)46-31(41)21(6)26(38)20(5)29(33)47-32-27(45-23(8)37)24(36(11)12)16-19(4)44-32/h18-22,24-29,32,38-39,42H,13-17H2,1-12H3,(H,35,40). The van der Waals surface area contributed by atoms with Gasteiger partial charge in [-0.25, -0.2) is 0 Å². The molecular formula is C34H62N2O11. The number of hydrogen-bond acceptors (Lipinski definition) is 12. The van der Waals surface area contributed by atoms with E-state index in [0.717, 1.165) is 0 Å². The van der Waals surface area contributed by atoms with Crippen LogP contribution in [0.1, 0.15) is 94.9 Å². The highest BCUT2D eigenvalue weighted by atomic mass is 16.7. The van der Waals surface area contributed by atoms with E-state index in [0.29, 0.717) is 19.4 Å². The number of rotatable bonds is 8. The van der Waals surface area contributed by atoms with E-state index in [1.165, 1.54) is 27.7 Å². The number of ether oxygens (including phenoxy) is 5. The topological polar surface area (TPSA) is 173 Å². The van der Waals surface area contributed by atoms with E-state index in [2.05, 4.69) is 5.32 Å². The molecule has 2 aliphatic rings. The Labute approximate surface area is 281 Å². The number of nitrogens with zero attached hydrogens (tertiary/aromatic N) is 1. The molecule has 0 saturated carbocycles. The van der Waals surface area contributed by atoms with Crippen molar-refractivity contribution in [3.63, 3.8) is 0 Å². The van der Waals surface area contributed by atoms with Gasteiger partial charge in [0.2, 0.25) is 5.91 Å². The first-order chi connectivity index (χ1) is 21.7. The zero-order chi connectivity index (χ0) is 36.0. The second-order valence-corrected chi connectivity index (χ2v) is 14.4. The van der Waals surface area contributed by atoms with Crippen LogP contribution in [-0.2, 0) is 38.1 Å². The largest absolute Gasteiger partial charge is 0.459 e. The predicted octanol–water partition coefficient (Wildman–Crippen LogP) is 2.17. The van der Waals surface area contributed by atoms with Gasteiger partial charge in [0.1, 0.15) is 11.7 Å². The smallest absolute Gasteiger partial charge is 0.311 e. The first kappa shape index (κ1) is 41.3. The Bertz CT molecular complexity index is 1040. The van der Waals surface area contributed by atoms with E-state index in [4.69, 9.17) is 23.7 Å². The molecule has 13 nitrogen and oxygen atoms in total. The van der Waals surface area contributed by atoms with Gasteiger partial charge in [0.05, 0.1) is 47.9 Å². The fourth-order valence-electron chi connectivity index (χ4n) is 7.03. The van der Waals surface area contributed by atoms with Crippen LogP contribution in [-0.4, -0.2) is 125 Å². The monoisotopic (exact) mass is 674 g/mol.